The van der Waals surface area contributed by atoms with Gasteiger partial charge >= 0.3 is 0 Å². The van der Waals surface area contributed by atoms with Crippen molar-refractivity contribution in [2.45, 2.75) is 19.7 Å². The van der Waals surface area contributed by atoms with E-state index in [2.05, 4.69) is 15.5 Å². The summed E-state index contributed by atoms with van der Waals surface area (Å²) in [5.41, 5.74) is 1.01. The number of para-hydroxylation sites is 1. The van der Waals surface area contributed by atoms with E-state index in [0.29, 0.717) is 17.5 Å². The Labute approximate surface area is 167 Å². The molecule has 0 aliphatic carbocycles. The van der Waals surface area contributed by atoms with Crippen molar-refractivity contribution in [3.05, 3.63) is 72.5 Å². The van der Waals surface area contributed by atoms with Gasteiger partial charge in [-0.05, 0) is 41.8 Å². The first kappa shape index (κ1) is 18.5. The molecule has 2 aromatic heterocycles. The van der Waals surface area contributed by atoms with Crippen LogP contribution in [0.15, 0.2) is 65.3 Å². The first-order valence-corrected chi connectivity index (χ1v) is 9.10. The molecule has 148 valence electrons. The number of aromatic nitrogens is 3. The lowest BCUT2D eigenvalue weighted by atomic mass is 10.2. The average Bonchev–Trinajstić information content (AvgIpc) is 3.38. The number of ether oxygens (including phenoxy) is 2. The highest BCUT2D eigenvalue weighted by Gasteiger charge is 2.10. The number of nitrogens with one attached hydrogen (secondary N) is 1. The van der Waals surface area contributed by atoms with Crippen molar-refractivity contribution in [2.75, 3.05) is 7.11 Å². The van der Waals surface area contributed by atoms with E-state index in [0.717, 1.165) is 16.7 Å². The highest BCUT2D eigenvalue weighted by Crippen LogP contribution is 2.18. The first-order chi connectivity index (χ1) is 14.2. The minimum absolute atomic E-state index is 0.138. The van der Waals surface area contributed by atoms with E-state index in [-0.39, 0.29) is 25.6 Å². The molecule has 0 aliphatic rings. The second-order valence-corrected chi connectivity index (χ2v) is 6.35. The fourth-order valence-corrected chi connectivity index (χ4v) is 2.90. The van der Waals surface area contributed by atoms with Gasteiger partial charge in [0, 0.05) is 11.7 Å². The van der Waals surface area contributed by atoms with Crippen molar-refractivity contribution < 1.29 is 18.8 Å². The largest absolute Gasteiger partial charge is 0.497 e. The highest BCUT2D eigenvalue weighted by molar-refractivity contribution is 5.83. The van der Waals surface area contributed by atoms with Gasteiger partial charge in [-0.15, -0.1) is 0 Å². The second kappa shape index (κ2) is 8.47. The summed E-state index contributed by atoms with van der Waals surface area (Å²) in [7, 11) is 1.61. The van der Waals surface area contributed by atoms with Crippen LogP contribution in [0.2, 0.25) is 0 Å². The van der Waals surface area contributed by atoms with Crippen LogP contribution in [0, 0.1) is 0 Å². The minimum atomic E-state index is -0.138. The van der Waals surface area contributed by atoms with Crippen LogP contribution in [0.1, 0.15) is 11.7 Å². The minimum Gasteiger partial charge on any atom is -0.497 e. The number of nitrogens with zero attached hydrogens (tertiary/aromatic N) is 3. The molecule has 0 aliphatic heterocycles. The van der Waals surface area contributed by atoms with Gasteiger partial charge in [0.2, 0.25) is 17.6 Å². The number of amides is 1. The summed E-state index contributed by atoms with van der Waals surface area (Å²) < 4.78 is 17.8. The molecule has 4 rings (SSSR count). The van der Waals surface area contributed by atoms with Gasteiger partial charge < -0.3 is 23.9 Å². The van der Waals surface area contributed by atoms with Gasteiger partial charge in [-0.2, -0.15) is 4.98 Å². The van der Waals surface area contributed by atoms with E-state index in [4.69, 9.17) is 14.0 Å². The third kappa shape index (κ3) is 4.55. The number of carbonyl (C=O) groups is 1. The predicted molar refractivity (Wildman–Crippen MR) is 105 cm³/mol. The summed E-state index contributed by atoms with van der Waals surface area (Å²) in [6, 6.07) is 17.1. The van der Waals surface area contributed by atoms with Crippen molar-refractivity contribution >= 4 is 16.8 Å². The molecule has 0 saturated carbocycles. The van der Waals surface area contributed by atoms with Crippen LogP contribution >= 0.6 is 0 Å². The Kier molecular flexibility index (Phi) is 5.42. The Balaban J connectivity index is 1.27. The zero-order valence-corrected chi connectivity index (χ0v) is 15.9. The molecule has 0 radical (unpaired) electrons. The maximum Gasteiger partial charge on any atom is 0.246 e. The maximum absolute atomic E-state index is 12.2. The smallest absolute Gasteiger partial charge is 0.246 e. The molecule has 1 N–H and O–H groups in total. The standard InChI is InChI=1S/C21H20N4O4/c1-27-16-6-8-17(9-7-16)28-14-19-23-21(29-24-19)12-22-20(26)13-25-11-10-15-4-2-3-5-18(15)25/h2-11H,12-14H2,1H3,(H,22,26). The molecular formula is C21H20N4O4. The number of carbonyl (C=O) groups excluding carboxylic acids is 1. The molecule has 4 aromatic rings. The lowest BCUT2D eigenvalue weighted by Crippen LogP contribution is -2.27. The monoisotopic (exact) mass is 392 g/mol. The summed E-state index contributed by atoms with van der Waals surface area (Å²) in [6.45, 7) is 0.543. The van der Waals surface area contributed by atoms with Gasteiger partial charge in [-0.25, -0.2) is 0 Å². The van der Waals surface area contributed by atoms with Crippen LogP contribution in [0.5, 0.6) is 11.5 Å². The van der Waals surface area contributed by atoms with Gasteiger partial charge in [0.05, 0.1) is 13.7 Å². The molecule has 0 saturated heterocycles. The summed E-state index contributed by atoms with van der Waals surface area (Å²) in [5, 5.41) is 7.75. The van der Waals surface area contributed by atoms with Crippen molar-refractivity contribution in [2.24, 2.45) is 0 Å². The number of methoxy groups -OCH3 is 1. The van der Waals surface area contributed by atoms with E-state index >= 15 is 0 Å². The van der Waals surface area contributed by atoms with Crippen molar-refractivity contribution in [1.29, 1.82) is 0 Å². The second-order valence-electron chi connectivity index (χ2n) is 6.35. The quantitative estimate of drug-likeness (QED) is 0.496. The summed E-state index contributed by atoms with van der Waals surface area (Å²) >= 11 is 0. The Morgan fingerprint density at radius 3 is 2.72 bits per heavy atom. The summed E-state index contributed by atoms with van der Waals surface area (Å²) in [6.07, 6.45) is 1.89. The zero-order chi connectivity index (χ0) is 20.1. The average molecular weight is 392 g/mol. The molecule has 2 aromatic carbocycles. The fraction of sp³-hybridized carbons (Fsp3) is 0.190. The molecule has 1 amide bonds. The highest BCUT2D eigenvalue weighted by atomic mass is 16.5. The van der Waals surface area contributed by atoms with Gasteiger partial charge in [0.1, 0.15) is 18.0 Å². The van der Waals surface area contributed by atoms with Crippen LogP contribution in [0.3, 0.4) is 0 Å². The predicted octanol–water partition coefficient (Wildman–Crippen LogP) is 2.93. The number of fused-ring (bicyclic) bond motifs is 1. The van der Waals surface area contributed by atoms with Crippen molar-refractivity contribution in [3.63, 3.8) is 0 Å². The Morgan fingerprint density at radius 1 is 1.10 bits per heavy atom. The van der Waals surface area contributed by atoms with E-state index in [9.17, 15) is 4.79 Å². The SMILES string of the molecule is COc1ccc(OCc2noc(CNC(=O)Cn3ccc4ccccc43)n2)cc1. The summed E-state index contributed by atoms with van der Waals surface area (Å²) in [5.74, 6) is 2.01. The molecule has 0 atom stereocenters. The number of hydrogen-bond acceptors (Lipinski definition) is 6. The normalized spacial score (nSPS) is 10.8. The summed E-state index contributed by atoms with van der Waals surface area (Å²) in [4.78, 5) is 16.5. The lowest BCUT2D eigenvalue weighted by Gasteiger charge is -2.05. The Morgan fingerprint density at radius 2 is 1.90 bits per heavy atom. The van der Waals surface area contributed by atoms with Gasteiger partial charge in [0.15, 0.2) is 6.61 Å². The van der Waals surface area contributed by atoms with E-state index < -0.39 is 0 Å². The van der Waals surface area contributed by atoms with E-state index in [1.54, 1.807) is 31.4 Å². The third-order valence-corrected chi connectivity index (χ3v) is 4.37. The molecule has 29 heavy (non-hydrogen) atoms. The van der Waals surface area contributed by atoms with Crippen LogP contribution in [0.4, 0.5) is 0 Å². The Hall–Kier alpha value is -3.81. The molecule has 8 nitrogen and oxygen atoms in total. The lowest BCUT2D eigenvalue weighted by molar-refractivity contribution is -0.121. The number of hydrogen-bond donors (Lipinski definition) is 1. The molecule has 0 bridgehead atoms. The van der Waals surface area contributed by atoms with Crippen LogP contribution < -0.4 is 14.8 Å². The van der Waals surface area contributed by atoms with Gasteiger partial charge in [-0.1, -0.05) is 23.4 Å². The van der Waals surface area contributed by atoms with Crippen LogP contribution in [-0.4, -0.2) is 27.7 Å². The zero-order valence-electron chi connectivity index (χ0n) is 15.9. The Bertz CT molecular complexity index is 1100. The molecule has 8 heteroatoms. The van der Waals surface area contributed by atoms with Crippen molar-refractivity contribution in [3.8, 4) is 11.5 Å². The van der Waals surface area contributed by atoms with E-state index in [1.807, 2.05) is 41.1 Å². The maximum atomic E-state index is 12.2. The first-order valence-electron chi connectivity index (χ1n) is 9.10. The topological polar surface area (TPSA) is 91.4 Å². The van der Waals surface area contributed by atoms with Gasteiger partial charge in [-0.3, -0.25) is 4.79 Å². The van der Waals surface area contributed by atoms with Crippen molar-refractivity contribution in [1.82, 2.24) is 20.0 Å². The molecule has 0 fully saturated rings. The molecular weight excluding hydrogens is 372 g/mol. The van der Waals surface area contributed by atoms with Gasteiger partial charge in [0.25, 0.3) is 0 Å². The van der Waals surface area contributed by atoms with E-state index in [1.165, 1.54) is 0 Å². The number of benzene rings is 2. The van der Waals surface area contributed by atoms with Crippen LogP contribution in [-0.2, 0) is 24.5 Å². The molecule has 0 unspecified atom stereocenters. The number of rotatable bonds is 8. The molecule has 2 heterocycles. The fourth-order valence-electron chi connectivity index (χ4n) is 2.90. The molecule has 0 spiro atoms. The third-order valence-electron chi connectivity index (χ3n) is 4.37. The van der Waals surface area contributed by atoms with Crippen LogP contribution in [0.25, 0.3) is 10.9 Å².